The van der Waals surface area contributed by atoms with Crippen molar-refractivity contribution in [2.24, 2.45) is 0 Å². The van der Waals surface area contributed by atoms with Crippen LogP contribution in [0.5, 0.6) is 0 Å². The van der Waals surface area contributed by atoms with Gasteiger partial charge in [0.1, 0.15) is 11.4 Å². The van der Waals surface area contributed by atoms with Crippen LogP contribution in [0, 0.1) is 0 Å². The Morgan fingerprint density at radius 3 is 2.81 bits per heavy atom. The number of nitrogens with one attached hydrogen (secondary N) is 1. The van der Waals surface area contributed by atoms with Gasteiger partial charge in [-0.1, -0.05) is 12.1 Å². The maximum Gasteiger partial charge on any atom is 0.345 e. The predicted octanol–water partition coefficient (Wildman–Crippen LogP) is 2.43. The average molecular weight is 301 g/mol. The molecule has 0 atom stereocenters. The molecule has 0 unspecified atom stereocenters. The van der Waals surface area contributed by atoms with Crippen LogP contribution in [0.1, 0.15) is 9.67 Å². The van der Waals surface area contributed by atoms with Crippen LogP contribution in [-0.4, -0.2) is 26.5 Å². The maximum absolute atomic E-state index is 12.0. The lowest BCUT2D eigenvalue weighted by Crippen LogP contribution is -2.17. The van der Waals surface area contributed by atoms with Crippen molar-refractivity contribution < 1.29 is 14.7 Å². The highest BCUT2D eigenvalue weighted by molar-refractivity contribution is 7.18. The van der Waals surface area contributed by atoms with E-state index in [1.165, 1.54) is 6.07 Å². The number of anilines is 1. The molecule has 0 saturated heterocycles. The number of nitrogens with zero attached hydrogens (tertiary/aromatic N) is 2. The van der Waals surface area contributed by atoms with Crippen LogP contribution in [0.3, 0.4) is 0 Å². The van der Waals surface area contributed by atoms with Gasteiger partial charge in [-0.05, 0) is 24.3 Å². The van der Waals surface area contributed by atoms with Crippen molar-refractivity contribution in [2.75, 3.05) is 5.32 Å². The van der Waals surface area contributed by atoms with Crippen molar-refractivity contribution >= 4 is 39.2 Å². The Labute approximate surface area is 123 Å². The fraction of sp³-hybridized carbons (Fsp3) is 0.0714. The lowest BCUT2D eigenvalue weighted by molar-refractivity contribution is -0.116. The molecule has 1 aromatic carbocycles. The molecule has 7 heteroatoms. The van der Waals surface area contributed by atoms with Gasteiger partial charge >= 0.3 is 5.97 Å². The van der Waals surface area contributed by atoms with Gasteiger partial charge in [-0.3, -0.25) is 4.79 Å². The predicted molar refractivity (Wildman–Crippen MR) is 79.6 cm³/mol. The first kappa shape index (κ1) is 13.3. The SMILES string of the molecule is O=C(Cn1cnc2ccccc21)Nc1ccc(C(=O)O)s1. The van der Waals surface area contributed by atoms with Gasteiger partial charge in [0, 0.05) is 0 Å². The Balaban J connectivity index is 1.72. The summed E-state index contributed by atoms with van der Waals surface area (Å²) in [6.07, 6.45) is 1.61. The highest BCUT2D eigenvalue weighted by Crippen LogP contribution is 2.22. The fourth-order valence-corrected chi connectivity index (χ4v) is 2.75. The quantitative estimate of drug-likeness (QED) is 0.775. The number of carbonyl (C=O) groups is 2. The molecule has 3 aromatic rings. The number of para-hydroxylation sites is 2. The van der Waals surface area contributed by atoms with Crippen LogP contribution in [0.15, 0.2) is 42.7 Å². The van der Waals surface area contributed by atoms with Crippen molar-refractivity contribution in [1.82, 2.24) is 9.55 Å². The molecule has 21 heavy (non-hydrogen) atoms. The van der Waals surface area contributed by atoms with Gasteiger partial charge in [-0.25, -0.2) is 9.78 Å². The summed E-state index contributed by atoms with van der Waals surface area (Å²) in [7, 11) is 0. The minimum Gasteiger partial charge on any atom is -0.477 e. The molecule has 0 aliphatic rings. The van der Waals surface area contributed by atoms with Crippen molar-refractivity contribution in [2.45, 2.75) is 6.54 Å². The topological polar surface area (TPSA) is 84.2 Å². The van der Waals surface area contributed by atoms with Gasteiger partial charge in [0.05, 0.1) is 22.4 Å². The second-order valence-corrected chi connectivity index (χ2v) is 5.46. The molecule has 0 bridgehead atoms. The highest BCUT2D eigenvalue weighted by Gasteiger charge is 2.11. The van der Waals surface area contributed by atoms with E-state index in [0.29, 0.717) is 5.00 Å². The Hall–Kier alpha value is -2.67. The zero-order valence-electron chi connectivity index (χ0n) is 10.8. The number of rotatable bonds is 4. The van der Waals surface area contributed by atoms with Crippen LogP contribution in [0.2, 0.25) is 0 Å². The monoisotopic (exact) mass is 301 g/mol. The summed E-state index contributed by atoms with van der Waals surface area (Å²) in [6, 6.07) is 10.6. The Kier molecular flexibility index (Phi) is 3.41. The van der Waals surface area contributed by atoms with E-state index in [-0.39, 0.29) is 17.3 Å². The Morgan fingerprint density at radius 2 is 2.05 bits per heavy atom. The van der Waals surface area contributed by atoms with Gasteiger partial charge in [0.15, 0.2) is 0 Å². The Morgan fingerprint density at radius 1 is 1.24 bits per heavy atom. The zero-order valence-corrected chi connectivity index (χ0v) is 11.6. The van der Waals surface area contributed by atoms with Gasteiger partial charge in [0.25, 0.3) is 0 Å². The maximum atomic E-state index is 12.0. The van der Waals surface area contributed by atoms with Crippen molar-refractivity contribution in [3.8, 4) is 0 Å². The number of benzene rings is 1. The highest BCUT2D eigenvalue weighted by atomic mass is 32.1. The number of carboxylic acids is 1. The molecule has 6 nitrogen and oxygen atoms in total. The van der Waals surface area contributed by atoms with E-state index >= 15 is 0 Å². The molecular weight excluding hydrogens is 290 g/mol. The van der Waals surface area contributed by atoms with E-state index in [1.54, 1.807) is 17.0 Å². The minimum atomic E-state index is -0.999. The average Bonchev–Trinajstić information content (AvgIpc) is 3.07. The van der Waals surface area contributed by atoms with Crippen molar-refractivity contribution in [1.29, 1.82) is 0 Å². The molecule has 0 aliphatic heterocycles. The second kappa shape index (κ2) is 5.37. The first-order valence-electron chi connectivity index (χ1n) is 6.16. The number of fused-ring (bicyclic) bond motifs is 1. The molecular formula is C14H11N3O3S. The molecule has 3 rings (SSSR count). The van der Waals surface area contributed by atoms with E-state index in [0.717, 1.165) is 22.4 Å². The van der Waals surface area contributed by atoms with Crippen LogP contribution in [0.25, 0.3) is 11.0 Å². The van der Waals surface area contributed by atoms with Gasteiger partial charge in [-0.15, -0.1) is 11.3 Å². The third-order valence-electron chi connectivity index (χ3n) is 2.92. The number of amides is 1. The van der Waals surface area contributed by atoms with E-state index in [9.17, 15) is 9.59 Å². The third-order valence-corrected chi connectivity index (χ3v) is 3.91. The number of hydrogen-bond acceptors (Lipinski definition) is 4. The molecule has 0 spiro atoms. The fourth-order valence-electron chi connectivity index (χ4n) is 1.99. The number of thiophene rings is 1. The van der Waals surface area contributed by atoms with E-state index in [4.69, 9.17) is 5.11 Å². The first-order chi connectivity index (χ1) is 10.1. The first-order valence-corrected chi connectivity index (χ1v) is 6.98. The molecule has 106 valence electrons. The summed E-state index contributed by atoms with van der Waals surface area (Å²) >= 11 is 1.03. The van der Waals surface area contributed by atoms with E-state index < -0.39 is 5.97 Å². The number of imidazole rings is 1. The van der Waals surface area contributed by atoms with Crippen LogP contribution >= 0.6 is 11.3 Å². The van der Waals surface area contributed by atoms with Crippen LogP contribution in [0.4, 0.5) is 5.00 Å². The molecule has 0 saturated carbocycles. The van der Waals surface area contributed by atoms with Gasteiger partial charge in [0.2, 0.25) is 5.91 Å². The summed E-state index contributed by atoms with van der Waals surface area (Å²) in [5, 5.41) is 12.0. The normalized spacial score (nSPS) is 10.7. The van der Waals surface area contributed by atoms with E-state index in [2.05, 4.69) is 10.3 Å². The minimum absolute atomic E-state index is 0.126. The lowest BCUT2D eigenvalue weighted by Gasteiger charge is -2.04. The molecule has 1 amide bonds. The van der Waals surface area contributed by atoms with Crippen LogP contribution < -0.4 is 5.32 Å². The molecule has 0 fully saturated rings. The third kappa shape index (κ3) is 2.77. The molecule has 2 heterocycles. The molecule has 0 aliphatic carbocycles. The smallest absolute Gasteiger partial charge is 0.345 e. The lowest BCUT2D eigenvalue weighted by atomic mass is 10.3. The summed E-state index contributed by atoms with van der Waals surface area (Å²) in [5.41, 5.74) is 1.71. The van der Waals surface area contributed by atoms with Gasteiger partial charge < -0.3 is 15.0 Å². The van der Waals surface area contributed by atoms with Gasteiger partial charge in [-0.2, -0.15) is 0 Å². The summed E-state index contributed by atoms with van der Waals surface area (Å²) < 4.78 is 1.75. The number of aromatic nitrogens is 2. The summed E-state index contributed by atoms with van der Waals surface area (Å²) in [4.78, 5) is 27.2. The van der Waals surface area contributed by atoms with Crippen molar-refractivity contribution in [3.63, 3.8) is 0 Å². The number of aromatic carboxylic acids is 1. The van der Waals surface area contributed by atoms with Crippen molar-refractivity contribution in [3.05, 3.63) is 47.6 Å². The zero-order chi connectivity index (χ0) is 14.8. The van der Waals surface area contributed by atoms with E-state index in [1.807, 2.05) is 24.3 Å². The second-order valence-electron chi connectivity index (χ2n) is 4.38. The summed E-state index contributed by atoms with van der Waals surface area (Å²) in [6.45, 7) is 0.126. The molecule has 2 aromatic heterocycles. The van der Waals surface area contributed by atoms with Crippen LogP contribution in [-0.2, 0) is 11.3 Å². The Bertz CT molecular complexity index is 822. The number of carbonyl (C=O) groups excluding carboxylic acids is 1. The summed E-state index contributed by atoms with van der Waals surface area (Å²) in [5.74, 6) is -1.22. The standard InChI is InChI=1S/C14H11N3O3S/c18-12(16-13-6-5-11(21-13)14(19)20)7-17-8-15-9-3-1-2-4-10(9)17/h1-6,8H,7H2,(H,16,18)(H,19,20). The number of carboxylic acid groups (broad SMARTS) is 1. The largest absolute Gasteiger partial charge is 0.477 e. The molecule has 2 N–H and O–H groups in total. The molecule has 0 radical (unpaired) electrons. The number of hydrogen-bond donors (Lipinski definition) is 2.